The van der Waals surface area contributed by atoms with E-state index in [1.54, 1.807) is 0 Å². The summed E-state index contributed by atoms with van der Waals surface area (Å²) in [6.45, 7) is 0. The first-order valence-electron chi connectivity index (χ1n) is 13.6. The summed E-state index contributed by atoms with van der Waals surface area (Å²) in [5, 5.41) is 8.39. The first-order chi connectivity index (χ1) is 19.8. The van der Waals surface area contributed by atoms with Crippen LogP contribution in [0.2, 0.25) is 0 Å². The van der Waals surface area contributed by atoms with E-state index in [1.807, 2.05) is 12.1 Å². The van der Waals surface area contributed by atoms with E-state index in [9.17, 15) is 0 Å². The summed E-state index contributed by atoms with van der Waals surface area (Å²) in [6.07, 6.45) is 0. The molecule has 0 aliphatic carbocycles. The fourth-order valence-electron chi connectivity index (χ4n) is 6.90. The maximum Gasteiger partial charge on any atom is 0.165 e. The molecule has 40 heavy (non-hydrogen) atoms. The van der Waals surface area contributed by atoms with Crippen LogP contribution in [0.25, 0.3) is 87.5 Å². The van der Waals surface area contributed by atoms with Crippen molar-refractivity contribution in [3.63, 3.8) is 0 Å². The number of fused-ring (bicyclic) bond motifs is 13. The lowest BCUT2D eigenvalue weighted by Crippen LogP contribution is -1.98. The van der Waals surface area contributed by atoms with Gasteiger partial charge < -0.3 is 4.40 Å². The van der Waals surface area contributed by atoms with Crippen LogP contribution < -0.4 is 0 Å². The lowest BCUT2D eigenvalue weighted by atomic mass is 10.1. The van der Waals surface area contributed by atoms with Gasteiger partial charge in [-0.05, 0) is 47.2 Å². The van der Waals surface area contributed by atoms with Gasteiger partial charge in [-0.2, -0.15) is 0 Å². The monoisotopic (exact) mass is 508 g/mol. The summed E-state index contributed by atoms with van der Waals surface area (Å²) in [6, 6.07) is 43.4. The molecular formula is C36H20N4. The quantitative estimate of drug-likeness (QED) is 0.205. The Labute approximate surface area is 227 Å². The molecule has 0 bridgehead atoms. The summed E-state index contributed by atoms with van der Waals surface area (Å²) in [5.74, 6) is 0. The number of nitrogens with zero attached hydrogens (tertiary/aromatic N) is 4. The zero-order valence-electron chi connectivity index (χ0n) is 21.3. The first-order valence-corrected chi connectivity index (χ1v) is 13.6. The van der Waals surface area contributed by atoms with Crippen molar-refractivity contribution in [1.29, 1.82) is 0 Å². The fourth-order valence-corrected chi connectivity index (χ4v) is 6.90. The number of hydrogen-bond donors (Lipinski definition) is 0. The van der Waals surface area contributed by atoms with E-state index in [2.05, 4.69) is 118 Å². The van der Waals surface area contributed by atoms with Crippen LogP contribution in [0.3, 0.4) is 0 Å². The fraction of sp³-hybridized carbons (Fsp3) is 0. The van der Waals surface area contributed by atoms with Gasteiger partial charge in [0.2, 0.25) is 0 Å². The Bertz CT molecular complexity index is 2520. The molecule has 0 unspecified atom stereocenters. The van der Waals surface area contributed by atoms with E-state index in [0.717, 1.165) is 38.6 Å². The predicted molar refractivity (Wildman–Crippen MR) is 166 cm³/mol. The number of hydrogen-bond acceptors (Lipinski definition) is 2. The Hall–Kier alpha value is -5.48. The molecule has 0 aliphatic heterocycles. The third-order valence-electron chi connectivity index (χ3n) is 8.59. The van der Waals surface area contributed by atoms with E-state index >= 15 is 0 Å². The van der Waals surface area contributed by atoms with E-state index in [1.165, 1.54) is 48.9 Å². The summed E-state index contributed by atoms with van der Waals surface area (Å²) >= 11 is 0. The molecule has 0 N–H and O–H groups in total. The van der Waals surface area contributed by atoms with Crippen molar-refractivity contribution in [2.24, 2.45) is 0 Å². The molecule has 0 radical (unpaired) electrons. The molecule has 10 aromatic rings. The first kappa shape index (κ1) is 20.5. The van der Waals surface area contributed by atoms with Crippen LogP contribution in [0, 0.1) is 0 Å². The van der Waals surface area contributed by atoms with Gasteiger partial charge in [-0.15, -0.1) is 0 Å². The van der Waals surface area contributed by atoms with Crippen LogP contribution in [-0.4, -0.2) is 18.8 Å². The SMILES string of the molecule is c1ccc2cc3c(cc2c1)c1nc2ccccc2nc1n1c2ccccc2c2ccc4c5ccccc5n3c4c21. The number of para-hydroxylation sites is 4. The molecule has 4 nitrogen and oxygen atoms in total. The predicted octanol–water partition coefficient (Wildman–Crippen LogP) is 9.05. The lowest BCUT2D eigenvalue weighted by molar-refractivity contribution is 1.24. The Kier molecular flexibility index (Phi) is 3.65. The van der Waals surface area contributed by atoms with Gasteiger partial charge in [0.1, 0.15) is 5.52 Å². The minimum atomic E-state index is 0.866. The summed E-state index contributed by atoms with van der Waals surface area (Å²) < 4.78 is 4.82. The summed E-state index contributed by atoms with van der Waals surface area (Å²) in [7, 11) is 0. The summed E-state index contributed by atoms with van der Waals surface area (Å²) in [4.78, 5) is 10.7. The van der Waals surface area contributed by atoms with Crippen molar-refractivity contribution < 1.29 is 0 Å². The van der Waals surface area contributed by atoms with Gasteiger partial charge in [0.25, 0.3) is 0 Å². The maximum atomic E-state index is 5.35. The summed E-state index contributed by atoms with van der Waals surface area (Å²) in [5.41, 5.74) is 9.36. The molecule has 10 rings (SSSR count). The molecular weight excluding hydrogens is 488 g/mol. The highest BCUT2D eigenvalue weighted by Gasteiger charge is 2.21. The molecule has 0 fully saturated rings. The highest BCUT2D eigenvalue weighted by atomic mass is 15.0. The minimum Gasteiger partial charge on any atom is -0.306 e. The third-order valence-corrected chi connectivity index (χ3v) is 8.59. The van der Waals surface area contributed by atoms with E-state index in [0.29, 0.717) is 0 Å². The van der Waals surface area contributed by atoms with Gasteiger partial charge in [-0.3, -0.25) is 4.40 Å². The van der Waals surface area contributed by atoms with E-state index in [4.69, 9.17) is 9.97 Å². The highest BCUT2D eigenvalue weighted by molar-refractivity contribution is 6.25. The largest absolute Gasteiger partial charge is 0.306 e. The molecule has 0 atom stereocenters. The van der Waals surface area contributed by atoms with Crippen molar-refractivity contribution in [1.82, 2.24) is 18.8 Å². The number of aromatic nitrogens is 4. The van der Waals surface area contributed by atoms with Crippen molar-refractivity contribution in [3.8, 4) is 0 Å². The molecule has 184 valence electrons. The molecule has 0 amide bonds. The Morgan fingerprint density at radius 2 is 0.950 bits per heavy atom. The van der Waals surface area contributed by atoms with E-state index < -0.39 is 0 Å². The molecule has 0 spiro atoms. The average molecular weight is 509 g/mol. The molecule has 4 aromatic heterocycles. The second kappa shape index (κ2) is 7.13. The second-order valence-corrected chi connectivity index (χ2v) is 10.7. The van der Waals surface area contributed by atoms with Gasteiger partial charge in [0, 0.05) is 26.9 Å². The van der Waals surface area contributed by atoms with Crippen LogP contribution in [0.5, 0.6) is 0 Å². The Morgan fingerprint density at radius 1 is 0.400 bits per heavy atom. The zero-order chi connectivity index (χ0) is 25.9. The van der Waals surface area contributed by atoms with Crippen molar-refractivity contribution >= 4 is 87.5 Å². The smallest absolute Gasteiger partial charge is 0.165 e. The third kappa shape index (κ3) is 2.42. The topological polar surface area (TPSA) is 34.6 Å². The van der Waals surface area contributed by atoms with Gasteiger partial charge in [-0.25, -0.2) is 9.97 Å². The maximum absolute atomic E-state index is 5.35. The van der Waals surface area contributed by atoms with Crippen LogP contribution in [0.4, 0.5) is 0 Å². The minimum absolute atomic E-state index is 0.866. The number of benzene rings is 6. The highest BCUT2D eigenvalue weighted by Crippen LogP contribution is 2.41. The van der Waals surface area contributed by atoms with Gasteiger partial charge >= 0.3 is 0 Å². The molecule has 4 heterocycles. The van der Waals surface area contributed by atoms with Crippen molar-refractivity contribution in [2.45, 2.75) is 0 Å². The molecule has 4 heteroatoms. The average Bonchev–Trinajstić information content (AvgIpc) is 3.52. The molecule has 6 aromatic carbocycles. The van der Waals surface area contributed by atoms with Crippen molar-refractivity contribution in [3.05, 3.63) is 121 Å². The Balaban J connectivity index is 1.70. The van der Waals surface area contributed by atoms with Crippen LogP contribution >= 0.6 is 0 Å². The van der Waals surface area contributed by atoms with Crippen LogP contribution in [0.1, 0.15) is 0 Å². The normalized spacial score (nSPS) is 12.5. The van der Waals surface area contributed by atoms with Gasteiger partial charge in [-0.1, -0.05) is 84.9 Å². The Morgan fingerprint density at radius 3 is 1.68 bits per heavy atom. The van der Waals surface area contributed by atoms with Crippen molar-refractivity contribution in [2.75, 3.05) is 0 Å². The number of rotatable bonds is 0. The molecule has 0 aliphatic rings. The second-order valence-electron chi connectivity index (χ2n) is 10.7. The van der Waals surface area contributed by atoms with Gasteiger partial charge in [0.15, 0.2) is 5.65 Å². The van der Waals surface area contributed by atoms with E-state index in [-0.39, 0.29) is 0 Å². The van der Waals surface area contributed by atoms with Crippen LogP contribution in [-0.2, 0) is 0 Å². The van der Waals surface area contributed by atoms with Gasteiger partial charge in [0.05, 0.1) is 38.6 Å². The molecule has 0 saturated carbocycles. The van der Waals surface area contributed by atoms with Crippen LogP contribution in [0.15, 0.2) is 121 Å². The lowest BCUT2D eigenvalue weighted by Gasteiger charge is -2.12. The zero-order valence-corrected chi connectivity index (χ0v) is 21.3. The molecule has 0 saturated heterocycles. The standard InChI is InChI=1S/C36H20N4/c1-2-10-22-20-32-27(19-21(22)9-1)33-36(38-29-14-6-5-13-28(29)37-33)40-31-16-8-4-12-24(31)26-18-17-25-23-11-3-7-15-30(23)39(32)34(25)35(26)40/h1-20H.